The van der Waals surface area contributed by atoms with Crippen molar-refractivity contribution in [2.75, 3.05) is 6.61 Å². The molecule has 27 heavy (non-hydrogen) atoms. The van der Waals surface area contributed by atoms with E-state index < -0.39 is 35.6 Å². The van der Waals surface area contributed by atoms with Gasteiger partial charge in [0, 0.05) is 5.56 Å². The summed E-state index contributed by atoms with van der Waals surface area (Å²) in [7, 11) is 0. The van der Waals surface area contributed by atoms with Crippen LogP contribution in [0.15, 0.2) is 18.3 Å². The number of carboxylic acids is 2. The highest BCUT2D eigenvalue weighted by atomic mass is 16.6. The van der Waals surface area contributed by atoms with Gasteiger partial charge in [0.1, 0.15) is 11.6 Å². The Balaban J connectivity index is 2.06. The molecule has 0 aliphatic carbocycles. The molecule has 0 saturated heterocycles. The van der Waals surface area contributed by atoms with Crippen molar-refractivity contribution in [3.8, 4) is 5.88 Å². The summed E-state index contributed by atoms with van der Waals surface area (Å²) in [4.78, 5) is 35.0. The largest absolute Gasteiger partial charge is 0.481 e. The summed E-state index contributed by atoms with van der Waals surface area (Å²) >= 11 is 0. The number of fused-ring (bicyclic) bond motifs is 1. The third kappa shape index (κ3) is 6.12. The molecule has 2 heterocycles. The number of ether oxygens (including phenoxy) is 2. The highest BCUT2D eigenvalue weighted by molar-refractivity contribution is 5.81. The van der Waals surface area contributed by atoms with Gasteiger partial charge in [-0.3, -0.25) is 4.79 Å². The number of aromatic nitrogens is 1. The molecule has 1 amide bonds. The van der Waals surface area contributed by atoms with Gasteiger partial charge >= 0.3 is 23.9 Å². The zero-order valence-corrected chi connectivity index (χ0v) is 15.6. The Hall–Kier alpha value is -2.84. The smallest absolute Gasteiger partial charge is 0.408 e. The molecule has 2 atom stereocenters. The number of carbonyl (C=O) groups is 3. The molecule has 3 N–H and O–H groups in total. The topological polar surface area (TPSA) is 126 Å². The second-order valence-electron chi connectivity index (χ2n) is 7.43. The SMILES string of the molecule is CC(C)(C)OC(=O)N[C@@H](C[C@H](Cc1ccc2[n+](c1)CCO2)C(=O)O)C(=O)O. The molecule has 1 aromatic rings. The molecule has 9 heteroatoms. The lowest BCUT2D eigenvalue weighted by Gasteiger charge is -2.23. The first-order chi connectivity index (χ1) is 12.5. The summed E-state index contributed by atoms with van der Waals surface area (Å²) in [5, 5.41) is 21.1. The Bertz CT molecular complexity index is 727. The van der Waals surface area contributed by atoms with Crippen molar-refractivity contribution in [3.63, 3.8) is 0 Å². The van der Waals surface area contributed by atoms with Crippen molar-refractivity contribution >= 4 is 18.0 Å². The van der Waals surface area contributed by atoms with Crippen LogP contribution < -0.4 is 14.6 Å². The monoisotopic (exact) mass is 381 g/mol. The Kier molecular flexibility index (Phi) is 6.24. The van der Waals surface area contributed by atoms with Crippen LogP contribution in [0, 0.1) is 5.92 Å². The van der Waals surface area contributed by atoms with E-state index in [9.17, 15) is 24.6 Å². The minimum absolute atomic E-state index is 0.134. The maximum Gasteiger partial charge on any atom is 0.408 e. The molecule has 1 aliphatic rings. The number of hydrogen-bond donors (Lipinski definition) is 3. The standard InChI is InChI=1S/C18H24N2O7/c1-18(2,3)27-17(25)19-13(16(23)24)9-12(15(21)22)8-11-4-5-14-20(10-11)6-7-26-14/h4-5,10,12-13H,6-9H2,1-3H3,(H2-,19,21,22,23,24,25)/p+1/t12-,13-/m0/s1. The van der Waals surface area contributed by atoms with Crippen molar-refractivity contribution in [2.45, 2.75) is 51.8 Å². The molecule has 0 fully saturated rings. The van der Waals surface area contributed by atoms with E-state index in [-0.39, 0.29) is 12.8 Å². The highest BCUT2D eigenvalue weighted by Crippen LogP contribution is 2.18. The summed E-state index contributed by atoms with van der Waals surface area (Å²) in [5.41, 5.74) is -0.0404. The second kappa shape index (κ2) is 8.24. The molecule has 1 aliphatic heterocycles. The molecule has 0 unspecified atom stereocenters. The molecule has 148 valence electrons. The normalized spacial score (nSPS) is 15.2. The second-order valence-corrected chi connectivity index (χ2v) is 7.43. The van der Waals surface area contributed by atoms with E-state index >= 15 is 0 Å². The van der Waals surface area contributed by atoms with Crippen LogP contribution >= 0.6 is 0 Å². The maximum atomic E-state index is 11.8. The van der Waals surface area contributed by atoms with E-state index in [2.05, 4.69) is 5.32 Å². The molecule has 9 nitrogen and oxygen atoms in total. The van der Waals surface area contributed by atoms with Gasteiger partial charge in [-0.2, -0.15) is 4.57 Å². The van der Waals surface area contributed by atoms with Crippen LogP contribution in [0.25, 0.3) is 0 Å². The van der Waals surface area contributed by atoms with Crippen molar-refractivity contribution in [3.05, 3.63) is 23.9 Å². The van der Waals surface area contributed by atoms with Gasteiger partial charge in [-0.15, -0.1) is 0 Å². The third-order valence-electron chi connectivity index (χ3n) is 3.97. The fourth-order valence-electron chi connectivity index (χ4n) is 2.77. The van der Waals surface area contributed by atoms with Gasteiger partial charge in [-0.25, -0.2) is 9.59 Å². The first kappa shape index (κ1) is 20.5. The first-order valence-corrected chi connectivity index (χ1v) is 8.65. The summed E-state index contributed by atoms with van der Waals surface area (Å²) in [6.45, 7) is 6.19. The van der Waals surface area contributed by atoms with E-state index in [1.165, 1.54) is 0 Å². The molecule has 0 saturated carbocycles. The number of hydrogen-bond acceptors (Lipinski definition) is 5. The zero-order chi connectivity index (χ0) is 20.2. The predicted molar refractivity (Wildman–Crippen MR) is 92.4 cm³/mol. The number of aliphatic carboxylic acids is 2. The van der Waals surface area contributed by atoms with Gasteiger partial charge in [0.05, 0.1) is 12.0 Å². The summed E-state index contributed by atoms with van der Waals surface area (Å²) < 4.78 is 12.3. The number of rotatable bonds is 7. The summed E-state index contributed by atoms with van der Waals surface area (Å²) in [6.07, 6.45) is 0.775. The van der Waals surface area contributed by atoms with Crippen molar-refractivity contribution in [1.29, 1.82) is 0 Å². The van der Waals surface area contributed by atoms with E-state index in [4.69, 9.17) is 9.47 Å². The van der Waals surface area contributed by atoms with Crippen LogP contribution in [0.4, 0.5) is 4.79 Å². The summed E-state index contributed by atoms with van der Waals surface area (Å²) in [6, 6.07) is 2.14. The van der Waals surface area contributed by atoms with Gasteiger partial charge in [0.2, 0.25) is 0 Å². The molecular weight excluding hydrogens is 356 g/mol. The van der Waals surface area contributed by atoms with Crippen LogP contribution in [0.1, 0.15) is 32.8 Å². The third-order valence-corrected chi connectivity index (χ3v) is 3.97. The number of carboxylic acid groups (broad SMARTS) is 2. The minimum Gasteiger partial charge on any atom is -0.481 e. The van der Waals surface area contributed by atoms with Gasteiger partial charge in [0.25, 0.3) is 0 Å². The van der Waals surface area contributed by atoms with E-state index in [0.717, 1.165) is 5.56 Å². The minimum atomic E-state index is -1.37. The fraction of sp³-hybridized carbons (Fsp3) is 0.556. The first-order valence-electron chi connectivity index (χ1n) is 8.65. The molecule has 0 aromatic carbocycles. The fourth-order valence-corrected chi connectivity index (χ4v) is 2.77. The number of carbonyl (C=O) groups excluding carboxylic acids is 1. The van der Waals surface area contributed by atoms with Gasteiger partial charge in [-0.1, -0.05) is 0 Å². The van der Waals surface area contributed by atoms with Gasteiger partial charge in [-0.05, 0) is 39.7 Å². The lowest BCUT2D eigenvalue weighted by molar-refractivity contribution is -0.680. The molecule has 0 radical (unpaired) electrons. The average molecular weight is 381 g/mol. The van der Waals surface area contributed by atoms with E-state index in [0.29, 0.717) is 19.0 Å². The lowest BCUT2D eigenvalue weighted by Crippen LogP contribution is -2.45. The Morgan fingerprint density at radius 3 is 2.56 bits per heavy atom. The Morgan fingerprint density at radius 2 is 1.96 bits per heavy atom. The van der Waals surface area contributed by atoms with Crippen LogP contribution in [0.3, 0.4) is 0 Å². The van der Waals surface area contributed by atoms with Crippen LogP contribution in [0.2, 0.25) is 0 Å². The van der Waals surface area contributed by atoms with E-state index in [1.54, 1.807) is 39.1 Å². The Morgan fingerprint density at radius 1 is 1.26 bits per heavy atom. The average Bonchev–Trinajstić information content (AvgIpc) is 2.98. The summed E-state index contributed by atoms with van der Waals surface area (Å²) in [5.74, 6) is -2.72. The molecule has 2 rings (SSSR count). The number of pyridine rings is 1. The van der Waals surface area contributed by atoms with E-state index in [1.807, 2.05) is 4.57 Å². The zero-order valence-electron chi connectivity index (χ0n) is 15.6. The number of amides is 1. The van der Waals surface area contributed by atoms with Crippen LogP contribution in [-0.4, -0.2) is 46.5 Å². The molecule has 0 bridgehead atoms. The van der Waals surface area contributed by atoms with Gasteiger partial charge in [0.15, 0.2) is 19.3 Å². The number of nitrogens with one attached hydrogen (secondary N) is 1. The molecule has 0 spiro atoms. The highest BCUT2D eigenvalue weighted by Gasteiger charge is 2.31. The Labute approximate surface area is 156 Å². The maximum absolute atomic E-state index is 11.8. The number of nitrogens with zero attached hydrogens (tertiary/aromatic N) is 1. The molecular formula is C18H25N2O7+. The van der Waals surface area contributed by atoms with Crippen molar-refractivity contribution in [2.24, 2.45) is 5.92 Å². The van der Waals surface area contributed by atoms with Crippen LogP contribution in [-0.2, 0) is 27.3 Å². The quantitative estimate of drug-likeness (QED) is 0.601. The van der Waals surface area contributed by atoms with Crippen LogP contribution in [0.5, 0.6) is 5.88 Å². The number of alkyl carbamates (subject to hydrolysis) is 1. The lowest BCUT2D eigenvalue weighted by atomic mass is 9.93. The van der Waals surface area contributed by atoms with Crippen molar-refractivity contribution < 1.29 is 38.6 Å². The van der Waals surface area contributed by atoms with Crippen molar-refractivity contribution in [1.82, 2.24) is 5.32 Å². The van der Waals surface area contributed by atoms with Gasteiger partial charge < -0.3 is 25.0 Å². The predicted octanol–water partition coefficient (Wildman–Crippen LogP) is 0.978. The molecule has 1 aromatic heterocycles.